The highest BCUT2D eigenvalue weighted by Gasteiger charge is 2.25. The first-order valence-electron chi connectivity index (χ1n) is 14.0. The second-order valence-electron chi connectivity index (χ2n) is 9.42. The SMILES string of the molecule is C=C(NCCNC1c2ccc(Cl)cc2CCc2cc(Br)cnc21)NC1CCCCC1.CC.CCCNC. The molecule has 1 saturated carbocycles. The van der Waals surface area contributed by atoms with Crippen LogP contribution in [-0.2, 0) is 12.8 Å². The molecule has 5 nitrogen and oxygen atoms in total. The van der Waals surface area contributed by atoms with E-state index in [4.69, 9.17) is 16.6 Å². The van der Waals surface area contributed by atoms with Crippen molar-refractivity contribution in [3.8, 4) is 0 Å². The summed E-state index contributed by atoms with van der Waals surface area (Å²) in [5.41, 5.74) is 4.96. The lowest BCUT2D eigenvalue weighted by Crippen LogP contribution is -2.38. The van der Waals surface area contributed by atoms with Crippen molar-refractivity contribution in [3.63, 3.8) is 0 Å². The van der Waals surface area contributed by atoms with Gasteiger partial charge in [-0.2, -0.15) is 0 Å². The number of hydrogen-bond donors (Lipinski definition) is 4. The fourth-order valence-corrected chi connectivity index (χ4v) is 5.45. The van der Waals surface area contributed by atoms with Gasteiger partial charge in [-0.3, -0.25) is 4.98 Å². The Morgan fingerprint density at radius 2 is 1.78 bits per heavy atom. The lowest BCUT2D eigenvalue weighted by Gasteiger charge is -2.26. The number of fused-ring (bicyclic) bond motifs is 2. The number of aryl methyl sites for hydroxylation is 2. The standard InChI is InChI=1S/C24H30BrClN4.C4H11N.C2H6/c1-16(30-21-5-3-2-4-6-21)27-11-12-28-24-22-10-9-20(26)14-17(22)7-8-18-13-19(25)15-29-23(18)24;1-3-4-5-2;1-2/h9-10,13-15,21,24,27-28,30H,1-8,11-12H2;5H,3-4H2,1-2H3;1-2H3. The molecule has 2 aliphatic carbocycles. The summed E-state index contributed by atoms with van der Waals surface area (Å²) in [5, 5.41) is 14.5. The Balaban J connectivity index is 0.000000617. The van der Waals surface area contributed by atoms with Crippen LogP contribution >= 0.6 is 27.5 Å². The van der Waals surface area contributed by atoms with Gasteiger partial charge in [0.1, 0.15) is 0 Å². The van der Waals surface area contributed by atoms with Gasteiger partial charge in [0, 0.05) is 34.8 Å². The zero-order valence-corrected chi connectivity index (χ0v) is 25.6. The second kappa shape index (κ2) is 17.8. The molecule has 1 fully saturated rings. The van der Waals surface area contributed by atoms with E-state index in [0.717, 1.165) is 53.5 Å². The van der Waals surface area contributed by atoms with Crippen LogP contribution in [-0.4, -0.2) is 37.7 Å². The molecular formula is C30H47BrClN5. The van der Waals surface area contributed by atoms with Gasteiger partial charge in [0.15, 0.2) is 0 Å². The Morgan fingerprint density at radius 3 is 2.46 bits per heavy atom. The highest BCUT2D eigenvalue weighted by molar-refractivity contribution is 9.10. The number of aromatic nitrogens is 1. The zero-order chi connectivity index (χ0) is 27.0. The Bertz CT molecular complexity index is 890. The van der Waals surface area contributed by atoms with Gasteiger partial charge < -0.3 is 21.3 Å². The number of rotatable bonds is 9. The Morgan fingerprint density at radius 1 is 1.05 bits per heavy atom. The minimum atomic E-state index is 0.0595. The molecule has 1 heterocycles. The first-order chi connectivity index (χ1) is 18.0. The molecule has 206 valence electrons. The molecule has 7 heteroatoms. The molecule has 0 aliphatic heterocycles. The maximum atomic E-state index is 6.29. The van der Waals surface area contributed by atoms with Gasteiger partial charge in [-0.05, 0) is 96.5 Å². The van der Waals surface area contributed by atoms with Gasteiger partial charge in [0.2, 0.25) is 0 Å². The minimum Gasteiger partial charge on any atom is -0.371 e. The van der Waals surface area contributed by atoms with E-state index in [1.54, 1.807) is 0 Å². The van der Waals surface area contributed by atoms with Gasteiger partial charge in [-0.15, -0.1) is 0 Å². The highest BCUT2D eigenvalue weighted by Crippen LogP contribution is 2.33. The predicted molar refractivity (Wildman–Crippen MR) is 163 cm³/mol. The van der Waals surface area contributed by atoms with Crippen LogP contribution < -0.4 is 21.3 Å². The summed E-state index contributed by atoms with van der Waals surface area (Å²) in [4.78, 5) is 4.78. The number of nitrogens with zero attached hydrogens (tertiary/aromatic N) is 1. The molecule has 0 amide bonds. The summed E-state index contributed by atoms with van der Waals surface area (Å²) >= 11 is 9.86. The van der Waals surface area contributed by atoms with E-state index < -0.39 is 0 Å². The first kappa shape index (κ1) is 31.6. The van der Waals surface area contributed by atoms with Gasteiger partial charge in [0.05, 0.1) is 17.6 Å². The molecule has 4 N–H and O–H groups in total. The van der Waals surface area contributed by atoms with Crippen molar-refractivity contribution >= 4 is 27.5 Å². The van der Waals surface area contributed by atoms with E-state index in [-0.39, 0.29) is 6.04 Å². The molecular weight excluding hydrogens is 546 g/mol. The topological polar surface area (TPSA) is 61.0 Å². The molecule has 1 aromatic heterocycles. The number of benzene rings is 1. The van der Waals surface area contributed by atoms with Crippen molar-refractivity contribution < 1.29 is 0 Å². The highest BCUT2D eigenvalue weighted by atomic mass is 79.9. The Kier molecular flexibility index (Phi) is 15.2. The van der Waals surface area contributed by atoms with Crippen molar-refractivity contribution in [2.75, 3.05) is 26.7 Å². The summed E-state index contributed by atoms with van der Waals surface area (Å²) in [5.74, 6) is 0.930. The monoisotopic (exact) mass is 591 g/mol. The average Bonchev–Trinajstić information content (AvgIpc) is 3.05. The Hall–Kier alpha value is -1.60. The quantitative estimate of drug-likeness (QED) is 0.239. The molecule has 1 unspecified atom stereocenters. The van der Waals surface area contributed by atoms with Crippen LogP contribution in [0.2, 0.25) is 5.02 Å². The summed E-state index contributed by atoms with van der Waals surface area (Å²) in [6, 6.07) is 9.04. The van der Waals surface area contributed by atoms with Gasteiger partial charge in [0.25, 0.3) is 0 Å². The average molecular weight is 593 g/mol. The molecule has 4 rings (SSSR count). The van der Waals surface area contributed by atoms with Crippen LogP contribution in [0.15, 0.2) is 47.3 Å². The van der Waals surface area contributed by atoms with Gasteiger partial charge in [-0.25, -0.2) is 0 Å². The molecule has 0 radical (unpaired) electrons. The fraction of sp³-hybridized carbons (Fsp3) is 0.567. The van der Waals surface area contributed by atoms with Crippen molar-refractivity contribution in [1.82, 2.24) is 26.3 Å². The molecule has 0 spiro atoms. The lowest BCUT2D eigenvalue weighted by molar-refractivity contribution is 0.388. The summed E-state index contributed by atoms with van der Waals surface area (Å²) in [6.07, 6.45) is 11.6. The number of hydrogen-bond acceptors (Lipinski definition) is 5. The van der Waals surface area contributed by atoms with E-state index in [1.807, 2.05) is 33.2 Å². The first-order valence-corrected chi connectivity index (χ1v) is 15.2. The maximum Gasteiger partial charge on any atom is 0.0914 e. The molecule has 0 bridgehead atoms. The Labute approximate surface area is 238 Å². The third kappa shape index (κ3) is 10.6. The van der Waals surface area contributed by atoms with Crippen LogP contribution in [0, 0.1) is 0 Å². The molecule has 2 aliphatic rings. The fourth-order valence-electron chi connectivity index (χ4n) is 4.87. The number of nitrogens with one attached hydrogen (secondary N) is 4. The third-order valence-corrected chi connectivity index (χ3v) is 7.29. The van der Waals surface area contributed by atoms with E-state index in [1.165, 1.54) is 55.2 Å². The van der Waals surface area contributed by atoms with E-state index >= 15 is 0 Å². The molecule has 37 heavy (non-hydrogen) atoms. The molecule has 0 saturated heterocycles. The summed E-state index contributed by atoms with van der Waals surface area (Å²) < 4.78 is 1.02. The van der Waals surface area contributed by atoms with Crippen molar-refractivity contribution in [1.29, 1.82) is 0 Å². The van der Waals surface area contributed by atoms with Crippen molar-refractivity contribution in [2.45, 2.75) is 84.2 Å². The van der Waals surface area contributed by atoms with Crippen LogP contribution in [0.25, 0.3) is 0 Å². The second-order valence-corrected chi connectivity index (χ2v) is 10.8. The summed E-state index contributed by atoms with van der Waals surface area (Å²) in [6.45, 7) is 13.1. The number of pyridine rings is 1. The minimum absolute atomic E-state index is 0.0595. The van der Waals surface area contributed by atoms with E-state index in [2.05, 4.69) is 68.9 Å². The van der Waals surface area contributed by atoms with Gasteiger partial charge >= 0.3 is 0 Å². The normalized spacial score (nSPS) is 16.5. The van der Waals surface area contributed by atoms with Crippen LogP contribution in [0.4, 0.5) is 0 Å². The van der Waals surface area contributed by atoms with Crippen LogP contribution in [0.5, 0.6) is 0 Å². The third-order valence-electron chi connectivity index (χ3n) is 6.62. The molecule has 1 aromatic carbocycles. The summed E-state index contributed by atoms with van der Waals surface area (Å²) in [7, 11) is 1.96. The number of halogens is 2. The van der Waals surface area contributed by atoms with E-state index in [9.17, 15) is 0 Å². The maximum absolute atomic E-state index is 6.29. The predicted octanol–water partition coefficient (Wildman–Crippen LogP) is 6.90. The largest absolute Gasteiger partial charge is 0.371 e. The zero-order valence-electron chi connectivity index (χ0n) is 23.2. The van der Waals surface area contributed by atoms with Crippen molar-refractivity contribution in [2.24, 2.45) is 0 Å². The smallest absolute Gasteiger partial charge is 0.0914 e. The van der Waals surface area contributed by atoms with Crippen LogP contribution in [0.3, 0.4) is 0 Å². The molecule has 1 atom stereocenters. The molecule has 2 aromatic rings. The van der Waals surface area contributed by atoms with Crippen LogP contribution in [0.1, 0.15) is 87.7 Å². The van der Waals surface area contributed by atoms with Gasteiger partial charge in [-0.1, -0.05) is 64.3 Å². The van der Waals surface area contributed by atoms with Crippen molar-refractivity contribution in [3.05, 3.63) is 74.7 Å². The lowest BCUT2D eigenvalue weighted by atomic mass is 9.96. The van der Waals surface area contributed by atoms with E-state index in [0.29, 0.717) is 6.04 Å².